The molecule has 146 valence electrons. The van der Waals surface area contributed by atoms with Gasteiger partial charge in [0.25, 0.3) is 10.2 Å². The van der Waals surface area contributed by atoms with Crippen LogP contribution in [-0.2, 0) is 14.9 Å². The normalized spacial score (nSPS) is 28.9. The summed E-state index contributed by atoms with van der Waals surface area (Å²) >= 11 is 0. The van der Waals surface area contributed by atoms with Crippen molar-refractivity contribution >= 4 is 22.6 Å². The molecule has 8 heteroatoms. The molecule has 3 fully saturated rings. The van der Waals surface area contributed by atoms with Crippen molar-refractivity contribution in [1.29, 1.82) is 0 Å². The van der Waals surface area contributed by atoms with Crippen LogP contribution in [0.2, 0.25) is 0 Å². The molecule has 0 spiro atoms. The fraction of sp³-hybridized carbons (Fsp3) is 0.667. The van der Waals surface area contributed by atoms with Crippen LogP contribution >= 0.6 is 12.4 Å². The highest BCUT2D eigenvalue weighted by Gasteiger charge is 2.41. The second-order valence-electron chi connectivity index (χ2n) is 7.18. The van der Waals surface area contributed by atoms with Gasteiger partial charge in [0, 0.05) is 38.8 Å². The summed E-state index contributed by atoms with van der Waals surface area (Å²) in [6.07, 6.45) is 3.08. The Balaban J connectivity index is 0.00000196. The zero-order chi connectivity index (χ0) is 17.3. The summed E-state index contributed by atoms with van der Waals surface area (Å²) < 4.78 is 35.1. The number of halogens is 1. The second kappa shape index (κ2) is 8.54. The SMILES string of the molecule is Cl.O=S(=O)(N1CCCCC1)N1CCN2[C@@H](COC[C@@H]2c2ccccc2)C1. The molecule has 26 heavy (non-hydrogen) atoms. The molecule has 1 aromatic carbocycles. The molecule has 0 amide bonds. The molecule has 0 saturated carbocycles. The van der Waals surface area contributed by atoms with E-state index in [9.17, 15) is 8.42 Å². The molecule has 0 N–H and O–H groups in total. The molecule has 4 rings (SSSR count). The summed E-state index contributed by atoms with van der Waals surface area (Å²) in [5.74, 6) is 0. The number of hydrogen-bond donors (Lipinski definition) is 0. The van der Waals surface area contributed by atoms with Crippen LogP contribution in [-0.4, -0.2) is 73.9 Å². The molecule has 0 bridgehead atoms. The number of piperazine rings is 1. The number of rotatable bonds is 3. The van der Waals surface area contributed by atoms with E-state index < -0.39 is 10.2 Å². The molecule has 3 heterocycles. The molecular formula is C18H28ClN3O3S. The fourth-order valence-electron chi connectivity index (χ4n) is 4.24. The zero-order valence-corrected chi connectivity index (χ0v) is 16.6. The Labute approximate surface area is 162 Å². The van der Waals surface area contributed by atoms with E-state index in [1.54, 1.807) is 8.61 Å². The first kappa shape index (κ1) is 20.0. The summed E-state index contributed by atoms with van der Waals surface area (Å²) in [5, 5.41) is 0. The van der Waals surface area contributed by atoms with E-state index in [4.69, 9.17) is 4.74 Å². The maximum atomic E-state index is 13.0. The molecular weight excluding hydrogens is 374 g/mol. The van der Waals surface area contributed by atoms with Crippen molar-refractivity contribution in [2.45, 2.75) is 31.3 Å². The van der Waals surface area contributed by atoms with Crippen molar-refractivity contribution in [1.82, 2.24) is 13.5 Å². The lowest BCUT2D eigenvalue weighted by molar-refractivity contribution is -0.0715. The number of benzene rings is 1. The van der Waals surface area contributed by atoms with Crippen LogP contribution in [0, 0.1) is 0 Å². The Hall–Kier alpha value is -0.700. The van der Waals surface area contributed by atoms with Gasteiger partial charge in [-0.1, -0.05) is 36.8 Å². The van der Waals surface area contributed by atoms with Gasteiger partial charge in [0.2, 0.25) is 0 Å². The Kier molecular flexibility index (Phi) is 6.59. The molecule has 3 saturated heterocycles. The minimum absolute atomic E-state index is 0. The minimum Gasteiger partial charge on any atom is -0.378 e. The first-order valence-corrected chi connectivity index (χ1v) is 10.7. The molecule has 1 aromatic rings. The topological polar surface area (TPSA) is 53.1 Å². The van der Waals surface area contributed by atoms with Crippen molar-refractivity contribution in [3.05, 3.63) is 35.9 Å². The van der Waals surface area contributed by atoms with Gasteiger partial charge < -0.3 is 4.74 Å². The largest absolute Gasteiger partial charge is 0.378 e. The van der Waals surface area contributed by atoms with Gasteiger partial charge in [0.1, 0.15) is 0 Å². The molecule has 0 aliphatic carbocycles. The molecule has 0 unspecified atom stereocenters. The first-order chi connectivity index (χ1) is 12.2. The molecule has 6 nitrogen and oxygen atoms in total. The van der Waals surface area contributed by atoms with Crippen molar-refractivity contribution in [3.63, 3.8) is 0 Å². The third-order valence-electron chi connectivity index (χ3n) is 5.63. The number of morpholine rings is 1. The average molecular weight is 402 g/mol. The Morgan fingerprint density at radius 3 is 2.35 bits per heavy atom. The number of nitrogens with zero attached hydrogens (tertiary/aromatic N) is 3. The van der Waals surface area contributed by atoms with Crippen molar-refractivity contribution in [3.8, 4) is 0 Å². The molecule has 3 aliphatic rings. The quantitative estimate of drug-likeness (QED) is 0.776. The maximum absolute atomic E-state index is 13.0. The first-order valence-electron chi connectivity index (χ1n) is 9.30. The number of fused-ring (bicyclic) bond motifs is 1. The zero-order valence-electron chi connectivity index (χ0n) is 15.0. The smallest absolute Gasteiger partial charge is 0.282 e. The summed E-state index contributed by atoms with van der Waals surface area (Å²) in [7, 11) is -3.33. The lowest BCUT2D eigenvalue weighted by Gasteiger charge is -2.48. The van der Waals surface area contributed by atoms with E-state index in [-0.39, 0.29) is 24.5 Å². The lowest BCUT2D eigenvalue weighted by Crippen LogP contribution is -2.61. The standard InChI is InChI=1S/C18H27N3O3S.ClH/c22-25(23,19-9-5-2-6-10-19)20-11-12-21-17(13-20)14-24-15-18(21)16-7-3-1-4-8-16;/h1,3-4,7-8,17-18H,2,5-6,9-15H2;1H/t17-,18-;/m1./s1. The highest BCUT2D eigenvalue weighted by molar-refractivity contribution is 7.86. The summed E-state index contributed by atoms with van der Waals surface area (Å²) in [6, 6.07) is 10.7. The van der Waals surface area contributed by atoms with Gasteiger partial charge in [0.05, 0.1) is 19.3 Å². The third-order valence-corrected chi connectivity index (χ3v) is 7.63. The van der Waals surface area contributed by atoms with Crippen LogP contribution in [0.5, 0.6) is 0 Å². The lowest BCUT2D eigenvalue weighted by atomic mass is 10.0. The maximum Gasteiger partial charge on any atom is 0.282 e. The van der Waals surface area contributed by atoms with Crippen LogP contribution < -0.4 is 0 Å². The fourth-order valence-corrected chi connectivity index (χ4v) is 5.96. The van der Waals surface area contributed by atoms with E-state index in [0.717, 1.165) is 25.8 Å². The number of piperidine rings is 1. The van der Waals surface area contributed by atoms with Crippen LogP contribution in [0.15, 0.2) is 30.3 Å². The van der Waals surface area contributed by atoms with Crippen molar-refractivity contribution < 1.29 is 13.2 Å². The van der Waals surface area contributed by atoms with Gasteiger partial charge in [-0.3, -0.25) is 4.90 Å². The monoisotopic (exact) mass is 401 g/mol. The van der Waals surface area contributed by atoms with Crippen LogP contribution in [0.3, 0.4) is 0 Å². The van der Waals surface area contributed by atoms with E-state index in [1.807, 2.05) is 6.07 Å². The second-order valence-corrected chi connectivity index (χ2v) is 9.11. The summed E-state index contributed by atoms with van der Waals surface area (Å²) in [4.78, 5) is 2.43. The minimum atomic E-state index is -3.33. The highest BCUT2D eigenvalue weighted by Crippen LogP contribution is 2.31. The Bertz CT molecular complexity index is 682. The highest BCUT2D eigenvalue weighted by atomic mass is 35.5. The van der Waals surface area contributed by atoms with Gasteiger partial charge in [-0.05, 0) is 18.4 Å². The van der Waals surface area contributed by atoms with Crippen molar-refractivity contribution in [2.24, 2.45) is 0 Å². The van der Waals surface area contributed by atoms with Gasteiger partial charge in [-0.25, -0.2) is 0 Å². The Morgan fingerprint density at radius 1 is 0.885 bits per heavy atom. The Morgan fingerprint density at radius 2 is 1.62 bits per heavy atom. The summed E-state index contributed by atoms with van der Waals surface area (Å²) in [6.45, 7) is 4.48. The average Bonchev–Trinajstić information content (AvgIpc) is 2.68. The molecule has 3 aliphatic heterocycles. The predicted molar refractivity (Wildman–Crippen MR) is 104 cm³/mol. The van der Waals surface area contributed by atoms with Gasteiger partial charge in [-0.15, -0.1) is 12.4 Å². The van der Waals surface area contributed by atoms with Crippen LogP contribution in [0.1, 0.15) is 30.9 Å². The predicted octanol–water partition coefficient (Wildman–Crippen LogP) is 1.90. The van der Waals surface area contributed by atoms with E-state index in [2.05, 4.69) is 29.2 Å². The number of ether oxygens (including phenoxy) is 1. The van der Waals surface area contributed by atoms with Crippen LogP contribution in [0.4, 0.5) is 0 Å². The van der Waals surface area contributed by atoms with Gasteiger partial charge in [-0.2, -0.15) is 17.0 Å². The van der Waals surface area contributed by atoms with Crippen molar-refractivity contribution in [2.75, 3.05) is 45.9 Å². The van der Waals surface area contributed by atoms with E-state index in [0.29, 0.717) is 39.4 Å². The molecule has 0 aromatic heterocycles. The van der Waals surface area contributed by atoms with E-state index in [1.165, 1.54) is 5.56 Å². The van der Waals surface area contributed by atoms with Crippen LogP contribution in [0.25, 0.3) is 0 Å². The van der Waals surface area contributed by atoms with E-state index >= 15 is 0 Å². The van der Waals surface area contributed by atoms with Gasteiger partial charge in [0.15, 0.2) is 0 Å². The molecule has 2 atom stereocenters. The van der Waals surface area contributed by atoms with Gasteiger partial charge >= 0.3 is 0 Å². The number of hydrogen-bond acceptors (Lipinski definition) is 4. The third kappa shape index (κ3) is 3.93. The molecule has 0 radical (unpaired) electrons. The summed E-state index contributed by atoms with van der Waals surface area (Å²) in [5.41, 5.74) is 1.25.